The zero-order valence-corrected chi connectivity index (χ0v) is 14.7. The highest BCUT2D eigenvalue weighted by Crippen LogP contribution is 2.13. The molecule has 0 spiro atoms. The number of hydrogen-bond acceptors (Lipinski definition) is 4. The minimum Gasteiger partial charge on any atom is -0.313 e. The second-order valence-corrected chi connectivity index (χ2v) is 8.51. The highest BCUT2D eigenvalue weighted by atomic mass is 32.2. The second kappa shape index (κ2) is 6.54. The lowest BCUT2D eigenvalue weighted by atomic mass is 10.2. The van der Waals surface area contributed by atoms with Crippen molar-refractivity contribution in [2.75, 3.05) is 18.1 Å². The summed E-state index contributed by atoms with van der Waals surface area (Å²) in [6.45, 7) is 3.52. The molecule has 6 nitrogen and oxygen atoms in total. The van der Waals surface area contributed by atoms with Crippen molar-refractivity contribution in [1.29, 1.82) is 0 Å². The van der Waals surface area contributed by atoms with Crippen LogP contribution in [-0.4, -0.2) is 47.3 Å². The molecule has 1 saturated heterocycles. The molecule has 23 heavy (non-hydrogen) atoms. The largest absolute Gasteiger partial charge is 0.313 e. The van der Waals surface area contributed by atoms with Gasteiger partial charge in [-0.2, -0.15) is 4.98 Å². The van der Waals surface area contributed by atoms with E-state index < -0.39 is 9.84 Å². The third-order valence-electron chi connectivity index (χ3n) is 4.35. The van der Waals surface area contributed by atoms with Crippen LogP contribution in [0.15, 0.2) is 30.3 Å². The number of nitrogens with zero attached hydrogens (tertiary/aromatic N) is 2. The number of aromatic nitrogens is 3. The van der Waals surface area contributed by atoms with Crippen molar-refractivity contribution in [2.45, 2.75) is 26.1 Å². The molecule has 1 aromatic carbocycles. The topological polar surface area (TPSA) is 72.2 Å². The smallest absolute Gasteiger partial charge is 0.221 e. The normalized spacial score (nSPS) is 21.3. The van der Waals surface area contributed by atoms with Crippen LogP contribution in [-0.2, 0) is 16.5 Å². The molecule has 0 radical (unpaired) electrons. The van der Waals surface area contributed by atoms with E-state index in [1.807, 2.05) is 35.0 Å². The molecule has 2 atom stereocenters. The summed E-state index contributed by atoms with van der Waals surface area (Å²) in [6, 6.07) is 9.96. The van der Waals surface area contributed by atoms with Gasteiger partial charge in [0.25, 0.3) is 0 Å². The van der Waals surface area contributed by atoms with E-state index in [-0.39, 0.29) is 11.8 Å². The van der Waals surface area contributed by atoms with Gasteiger partial charge < -0.3 is 4.90 Å². The fourth-order valence-corrected chi connectivity index (χ4v) is 5.07. The van der Waals surface area contributed by atoms with E-state index in [0.717, 1.165) is 24.4 Å². The number of nitrogens with one attached hydrogen (secondary N) is 2. The van der Waals surface area contributed by atoms with Crippen LogP contribution in [0.2, 0.25) is 0 Å². The maximum Gasteiger partial charge on any atom is 0.221 e. The predicted octanol–water partition coefficient (Wildman–Crippen LogP) is 0.657. The Labute approximate surface area is 141 Å². The summed E-state index contributed by atoms with van der Waals surface area (Å²) in [6.07, 6.45) is 0.721. The number of sulfone groups is 1. The van der Waals surface area contributed by atoms with Gasteiger partial charge in [0.15, 0.2) is 22.3 Å². The van der Waals surface area contributed by atoms with E-state index in [1.165, 1.54) is 4.90 Å². The molecule has 1 unspecified atom stereocenters. The molecule has 1 fully saturated rings. The van der Waals surface area contributed by atoms with Crippen LogP contribution in [0, 0.1) is 4.77 Å². The Balaban J connectivity index is 1.80. The first kappa shape index (κ1) is 16.4. The molecule has 124 valence electrons. The molecule has 0 aliphatic carbocycles. The summed E-state index contributed by atoms with van der Waals surface area (Å²) in [5.74, 6) is 1.30. The summed E-state index contributed by atoms with van der Waals surface area (Å²) >= 11 is 5.35. The maximum absolute atomic E-state index is 11.7. The molecular formula is C15H21N4O2S2+. The van der Waals surface area contributed by atoms with Gasteiger partial charge in [-0.25, -0.2) is 13.1 Å². The van der Waals surface area contributed by atoms with Crippen molar-refractivity contribution in [1.82, 2.24) is 14.8 Å². The van der Waals surface area contributed by atoms with Gasteiger partial charge in [0.2, 0.25) is 4.77 Å². The molecule has 1 aliphatic heterocycles. The molecule has 2 N–H and O–H groups in total. The van der Waals surface area contributed by atoms with Crippen molar-refractivity contribution >= 4 is 22.1 Å². The van der Waals surface area contributed by atoms with Crippen molar-refractivity contribution in [3.8, 4) is 11.4 Å². The summed E-state index contributed by atoms with van der Waals surface area (Å²) < 4.78 is 25.7. The molecule has 0 bridgehead atoms. The van der Waals surface area contributed by atoms with Gasteiger partial charge in [0.1, 0.15) is 11.8 Å². The predicted molar refractivity (Wildman–Crippen MR) is 91.4 cm³/mol. The number of H-pyrrole nitrogens is 1. The summed E-state index contributed by atoms with van der Waals surface area (Å²) in [4.78, 5) is 5.63. The number of benzene rings is 1. The van der Waals surface area contributed by atoms with Crippen LogP contribution >= 0.6 is 12.2 Å². The summed E-state index contributed by atoms with van der Waals surface area (Å²) in [5, 5.41) is 3.24. The number of hydrogen-bond donors (Lipinski definition) is 2. The van der Waals surface area contributed by atoms with Gasteiger partial charge in [-0.3, -0.25) is 5.10 Å². The quantitative estimate of drug-likeness (QED) is 0.775. The first-order valence-electron chi connectivity index (χ1n) is 7.76. The molecule has 8 heteroatoms. The Kier molecular flexibility index (Phi) is 4.65. The average Bonchev–Trinajstić information content (AvgIpc) is 3.08. The second-order valence-electron chi connectivity index (χ2n) is 5.92. The lowest BCUT2D eigenvalue weighted by Crippen LogP contribution is -3.15. The Morgan fingerprint density at radius 3 is 2.74 bits per heavy atom. The third kappa shape index (κ3) is 3.70. The van der Waals surface area contributed by atoms with Crippen molar-refractivity contribution in [3.63, 3.8) is 0 Å². The van der Waals surface area contributed by atoms with E-state index in [0.29, 0.717) is 17.2 Å². The van der Waals surface area contributed by atoms with Crippen LogP contribution in [0.1, 0.15) is 13.3 Å². The Bertz CT molecular complexity index is 827. The standard InChI is InChI=1S/C15H20N4O2S2/c1-2-18(13-8-9-23(20,21)10-13)11-19-15(22)16-14(17-19)12-6-4-3-5-7-12/h3-7,13H,2,8-11H2,1H3,(H,16,17,22)/p+1/t13-/m1/s1. The van der Waals surface area contributed by atoms with E-state index in [1.54, 1.807) is 0 Å². The third-order valence-corrected chi connectivity index (χ3v) is 6.43. The fourth-order valence-electron chi connectivity index (χ4n) is 3.04. The van der Waals surface area contributed by atoms with E-state index in [9.17, 15) is 8.42 Å². The Hall–Kier alpha value is -1.51. The van der Waals surface area contributed by atoms with E-state index in [4.69, 9.17) is 12.2 Å². The lowest BCUT2D eigenvalue weighted by molar-refractivity contribution is -0.943. The van der Waals surface area contributed by atoms with Gasteiger partial charge in [-0.15, -0.1) is 0 Å². The Morgan fingerprint density at radius 1 is 1.39 bits per heavy atom. The monoisotopic (exact) mass is 353 g/mol. The first-order chi connectivity index (χ1) is 11.0. The van der Waals surface area contributed by atoms with Gasteiger partial charge in [0, 0.05) is 12.0 Å². The zero-order chi connectivity index (χ0) is 16.4. The number of aromatic amines is 1. The minimum absolute atomic E-state index is 0.135. The van der Waals surface area contributed by atoms with Crippen LogP contribution < -0.4 is 4.90 Å². The van der Waals surface area contributed by atoms with Crippen molar-refractivity contribution in [2.24, 2.45) is 0 Å². The fraction of sp³-hybridized carbons (Fsp3) is 0.467. The average molecular weight is 353 g/mol. The Morgan fingerprint density at radius 2 is 2.13 bits per heavy atom. The van der Waals surface area contributed by atoms with Gasteiger partial charge in [-0.1, -0.05) is 30.3 Å². The van der Waals surface area contributed by atoms with Gasteiger partial charge in [-0.05, 0) is 19.1 Å². The molecule has 0 amide bonds. The maximum atomic E-state index is 11.7. The van der Waals surface area contributed by atoms with Crippen molar-refractivity contribution in [3.05, 3.63) is 35.1 Å². The lowest BCUT2D eigenvalue weighted by Gasteiger charge is -2.23. The van der Waals surface area contributed by atoms with E-state index in [2.05, 4.69) is 17.0 Å². The van der Waals surface area contributed by atoms with Crippen LogP contribution in [0.3, 0.4) is 0 Å². The van der Waals surface area contributed by atoms with Crippen LogP contribution in [0.5, 0.6) is 0 Å². The van der Waals surface area contributed by atoms with Crippen LogP contribution in [0.4, 0.5) is 0 Å². The zero-order valence-electron chi connectivity index (χ0n) is 13.0. The van der Waals surface area contributed by atoms with Gasteiger partial charge in [0.05, 0.1) is 12.3 Å². The summed E-state index contributed by atoms with van der Waals surface area (Å²) in [5.41, 5.74) is 0.985. The first-order valence-corrected chi connectivity index (χ1v) is 9.99. The summed E-state index contributed by atoms with van der Waals surface area (Å²) in [7, 11) is -2.87. The molecule has 3 rings (SSSR count). The SMILES string of the molecule is CC[NH+](Cn1[nH]c(-c2ccccc2)nc1=S)[C@@H]1CCS(=O)(=O)C1. The number of quaternary nitrogens is 1. The highest BCUT2D eigenvalue weighted by molar-refractivity contribution is 7.91. The molecule has 1 aliphatic rings. The van der Waals surface area contributed by atoms with Crippen molar-refractivity contribution < 1.29 is 13.3 Å². The molecule has 0 saturated carbocycles. The molecule has 2 heterocycles. The molecular weight excluding hydrogens is 332 g/mol. The van der Waals surface area contributed by atoms with Gasteiger partial charge >= 0.3 is 0 Å². The molecule has 1 aromatic heterocycles. The highest BCUT2D eigenvalue weighted by Gasteiger charge is 2.34. The number of rotatable bonds is 5. The minimum atomic E-state index is -2.87. The van der Waals surface area contributed by atoms with E-state index >= 15 is 0 Å². The van der Waals surface area contributed by atoms with Crippen LogP contribution in [0.25, 0.3) is 11.4 Å². The molecule has 2 aromatic rings.